The summed E-state index contributed by atoms with van der Waals surface area (Å²) in [7, 11) is -3.85. The number of rotatable bonds is 11. The van der Waals surface area contributed by atoms with Crippen LogP contribution in [0.4, 0.5) is 11.4 Å². The van der Waals surface area contributed by atoms with Crippen molar-refractivity contribution < 1.29 is 35.8 Å². The molecule has 0 radical (unpaired) electrons. The van der Waals surface area contributed by atoms with E-state index in [9.17, 15) is 21.6 Å². The Labute approximate surface area is 240 Å². The molecule has 3 aromatic carbocycles. The van der Waals surface area contributed by atoms with Gasteiger partial charge < -0.3 is 19.5 Å². The first-order chi connectivity index (χ1) is 19.6. The van der Waals surface area contributed by atoms with Gasteiger partial charge in [-0.05, 0) is 55.3 Å². The van der Waals surface area contributed by atoms with Gasteiger partial charge in [0.05, 0.1) is 42.5 Å². The van der Waals surface area contributed by atoms with Gasteiger partial charge in [0.25, 0.3) is 10.0 Å². The van der Waals surface area contributed by atoms with Gasteiger partial charge in [0.2, 0.25) is 15.9 Å². The molecular formula is C28H33N3O8S2. The molecule has 0 unspecified atom stereocenters. The number of nitrogens with one attached hydrogen (secondary N) is 1. The largest absolute Gasteiger partial charge is 0.497 e. The molecule has 1 fully saturated rings. The highest BCUT2D eigenvalue weighted by atomic mass is 32.2. The third-order valence-corrected chi connectivity index (χ3v) is 10.3. The molecule has 1 aliphatic heterocycles. The third kappa shape index (κ3) is 6.58. The molecule has 1 N–H and O–H groups in total. The Balaban J connectivity index is 1.71. The minimum absolute atomic E-state index is 0.00118. The van der Waals surface area contributed by atoms with E-state index in [1.54, 1.807) is 24.3 Å². The van der Waals surface area contributed by atoms with E-state index in [1.165, 1.54) is 68.1 Å². The zero-order chi connectivity index (χ0) is 29.6. The van der Waals surface area contributed by atoms with E-state index >= 15 is 0 Å². The average Bonchev–Trinajstić information content (AvgIpc) is 3.00. The first-order valence-electron chi connectivity index (χ1n) is 12.9. The van der Waals surface area contributed by atoms with Crippen molar-refractivity contribution in [1.29, 1.82) is 0 Å². The van der Waals surface area contributed by atoms with Crippen LogP contribution in [0.1, 0.15) is 19.3 Å². The summed E-state index contributed by atoms with van der Waals surface area (Å²) in [4.78, 5) is 13.4. The summed E-state index contributed by atoms with van der Waals surface area (Å²) in [5.41, 5.74) is 0.171. The van der Waals surface area contributed by atoms with E-state index in [1.807, 2.05) is 0 Å². The Bertz CT molecular complexity index is 1590. The lowest BCUT2D eigenvalue weighted by molar-refractivity contribution is -0.114. The summed E-state index contributed by atoms with van der Waals surface area (Å²) < 4.78 is 72.6. The summed E-state index contributed by atoms with van der Waals surface area (Å²) in [6, 6.07) is 16.5. The number of anilines is 2. The van der Waals surface area contributed by atoms with Crippen LogP contribution < -0.4 is 23.8 Å². The lowest BCUT2D eigenvalue weighted by Crippen LogP contribution is -2.38. The monoisotopic (exact) mass is 603 g/mol. The molecular weight excluding hydrogens is 570 g/mol. The SMILES string of the molecule is COc1ccc(OC)c(N(CC(=O)Nc2cc(S(=O)(=O)N3CCCCC3)ccc2OC)S(=O)(=O)c2ccccc2)c1. The van der Waals surface area contributed by atoms with Crippen LogP contribution in [0.2, 0.25) is 0 Å². The molecule has 220 valence electrons. The maximum atomic E-state index is 13.8. The van der Waals surface area contributed by atoms with E-state index in [2.05, 4.69) is 5.32 Å². The second-order valence-corrected chi connectivity index (χ2v) is 13.0. The topological polar surface area (TPSA) is 132 Å². The first-order valence-corrected chi connectivity index (χ1v) is 15.8. The number of nitrogens with zero attached hydrogens (tertiary/aromatic N) is 2. The summed E-state index contributed by atoms with van der Waals surface area (Å²) >= 11 is 0. The quantitative estimate of drug-likeness (QED) is 0.351. The predicted molar refractivity (Wildman–Crippen MR) is 155 cm³/mol. The van der Waals surface area contributed by atoms with Crippen molar-refractivity contribution in [3.63, 3.8) is 0 Å². The molecule has 0 spiro atoms. The second kappa shape index (κ2) is 12.8. The molecule has 0 saturated carbocycles. The van der Waals surface area contributed by atoms with Gasteiger partial charge in [0, 0.05) is 19.2 Å². The zero-order valence-electron chi connectivity index (χ0n) is 23.1. The predicted octanol–water partition coefficient (Wildman–Crippen LogP) is 3.72. The number of benzene rings is 3. The van der Waals surface area contributed by atoms with Gasteiger partial charge in [-0.1, -0.05) is 24.6 Å². The van der Waals surface area contributed by atoms with Gasteiger partial charge in [-0.25, -0.2) is 16.8 Å². The Morgan fingerprint density at radius 1 is 0.805 bits per heavy atom. The molecule has 1 heterocycles. The second-order valence-electron chi connectivity index (χ2n) is 9.24. The number of methoxy groups -OCH3 is 3. The van der Waals surface area contributed by atoms with Gasteiger partial charge in [-0.2, -0.15) is 4.31 Å². The number of amides is 1. The highest BCUT2D eigenvalue weighted by Gasteiger charge is 2.31. The van der Waals surface area contributed by atoms with Gasteiger partial charge >= 0.3 is 0 Å². The molecule has 11 nitrogen and oxygen atoms in total. The van der Waals surface area contributed by atoms with Crippen molar-refractivity contribution in [1.82, 2.24) is 4.31 Å². The van der Waals surface area contributed by atoms with Crippen molar-refractivity contribution in [3.05, 3.63) is 66.7 Å². The molecule has 1 aliphatic rings. The van der Waals surface area contributed by atoms with Crippen LogP contribution in [-0.2, 0) is 24.8 Å². The molecule has 4 rings (SSSR count). The van der Waals surface area contributed by atoms with Crippen molar-refractivity contribution in [2.24, 2.45) is 0 Å². The molecule has 13 heteroatoms. The summed E-state index contributed by atoms with van der Waals surface area (Å²) in [5, 5.41) is 2.64. The number of ether oxygens (including phenoxy) is 3. The summed E-state index contributed by atoms with van der Waals surface area (Å²) in [6.07, 6.45) is 2.52. The number of hydrogen-bond donors (Lipinski definition) is 1. The van der Waals surface area contributed by atoms with Gasteiger partial charge in [0.15, 0.2) is 0 Å². The molecule has 1 saturated heterocycles. The van der Waals surface area contributed by atoms with Gasteiger partial charge in [-0.3, -0.25) is 9.10 Å². The fourth-order valence-corrected chi connectivity index (χ4v) is 7.52. The molecule has 0 bridgehead atoms. The average molecular weight is 604 g/mol. The minimum atomic E-state index is -4.26. The Morgan fingerprint density at radius 3 is 2.10 bits per heavy atom. The Hall–Kier alpha value is -3.81. The van der Waals surface area contributed by atoms with Crippen LogP contribution in [-0.4, -0.2) is 68.0 Å². The fraction of sp³-hybridized carbons (Fsp3) is 0.321. The number of carbonyl (C=O) groups is 1. The molecule has 0 atom stereocenters. The fourth-order valence-electron chi connectivity index (χ4n) is 4.53. The standard InChI is InChI=1S/C28H33N3O8S2/c1-37-21-12-14-27(39-3)25(18-21)31(41(35,36)22-10-6-4-7-11-22)20-28(32)29-24-19-23(13-15-26(24)38-2)40(33,34)30-16-8-5-9-17-30/h4,6-7,10-15,18-19H,5,8-9,16-17,20H2,1-3H3,(H,29,32). The van der Waals surface area contributed by atoms with E-state index in [4.69, 9.17) is 14.2 Å². The van der Waals surface area contributed by atoms with Crippen LogP contribution in [0.3, 0.4) is 0 Å². The van der Waals surface area contributed by atoms with Gasteiger partial charge in [-0.15, -0.1) is 0 Å². The number of hydrogen-bond acceptors (Lipinski definition) is 8. The number of sulfonamides is 2. The highest BCUT2D eigenvalue weighted by molar-refractivity contribution is 7.93. The van der Waals surface area contributed by atoms with E-state index < -0.39 is 32.5 Å². The van der Waals surface area contributed by atoms with Crippen LogP contribution in [0.15, 0.2) is 76.5 Å². The summed E-state index contributed by atoms with van der Waals surface area (Å²) in [6.45, 7) is 0.183. The molecule has 3 aromatic rings. The van der Waals surface area contributed by atoms with Crippen molar-refractivity contribution in [3.8, 4) is 17.2 Å². The van der Waals surface area contributed by atoms with Crippen molar-refractivity contribution in [2.75, 3.05) is 50.6 Å². The highest BCUT2D eigenvalue weighted by Crippen LogP contribution is 2.36. The molecule has 41 heavy (non-hydrogen) atoms. The maximum absolute atomic E-state index is 13.8. The van der Waals surface area contributed by atoms with E-state index in [0.717, 1.165) is 23.6 Å². The van der Waals surface area contributed by atoms with E-state index in [0.29, 0.717) is 18.8 Å². The first kappa shape index (κ1) is 30.2. The normalized spacial score (nSPS) is 14.2. The number of carbonyl (C=O) groups excluding carboxylic acids is 1. The van der Waals surface area contributed by atoms with Crippen LogP contribution in [0, 0.1) is 0 Å². The van der Waals surface area contributed by atoms with Crippen molar-refractivity contribution in [2.45, 2.75) is 29.1 Å². The maximum Gasteiger partial charge on any atom is 0.264 e. The lowest BCUT2D eigenvalue weighted by atomic mass is 10.2. The third-order valence-electron chi connectivity index (χ3n) is 6.67. The lowest BCUT2D eigenvalue weighted by Gasteiger charge is -2.27. The molecule has 0 aromatic heterocycles. The minimum Gasteiger partial charge on any atom is -0.497 e. The van der Waals surface area contributed by atoms with E-state index in [-0.39, 0.29) is 32.7 Å². The molecule has 1 amide bonds. The zero-order valence-corrected chi connectivity index (χ0v) is 24.7. The van der Waals surface area contributed by atoms with Gasteiger partial charge in [0.1, 0.15) is 23.8 Å². The Kier molecular flexibility index (Phi) is 9.41. The van der Waals surface area contributed by atoms with Crippen molar-refractivity contribution >= 4 is 37.3 Å². The van der Waals surface area contributed by atoms with Crippen LogP contribution in [0.25, 0.3) is 0 Å². The van der Waals surface area contributed by atoms with Crippen LogP contribution in [0.5, 0.6) is 17.2 Å². The molecule has 0 aliphatic carbocycles. The summed E-state index contributed by atoms with van der Waals surface area (Å²) in [5.74, 6) is 0.0321. The Morgan fingerprint density at radius 2 is 1.46 bits per heavy atom. The van der Waals surface area contributed by atoms with Crippen LogP contribution >= 0.6 is 0 Å². The smallest absolute Gasteiger partial charge is 0.264 e. The number of piperidine rings is 1.